The maximum Gasteiger partial charge on any atom is 0.338 e. The first-order valence-corrected chi connectivity index (χ1v) is 15.6. The van der Waals surface area contributed by atoms with Gasteiger partial charge in [0.1, 0.15) is 11.9 Å². The third kappa shape index (κ3) is 6.02. The molecule has 1 aromatic carbocycles. The molecule has 2 aromatic rings. The Kier molecular flexibility index (Phi) is 8.61. The number of carbonyl (C=O) groups is 2. The van der Waals surface area contributed by atoms with E-state index < -0.39 is 23.4 Å². The molecule has 10 nitrogen and oxygen atoms in total. The first kappa shape index (κ1) is 31.0. The van der Waals surface area contributed by atoms with Crippen LogP contribution in [-0.4, -0.2) is 99.1 Å². The number of carboxylic acids is 1. The molecular weight excluding hydrogens is 592 g/mol. The zero-order valence-corrected chi connectivity index (χ0v) is 26.6. The number of ether oxygens (including phenoxy) is 1. The summed E-state index contributed by atoms with van der Waals surface area (Å²) in [5, 5.41) is 16.3. The molecule has 230 valence electrons. The molecule has 3 aliphatic heterocycles. The molecule has 2 fully saturated rings. The number of aliphatic imine (C=N–C) groups is 1. The van der Waals surface area contributed by atoms with E-state index in [1.54, 1.807) is 46.0 Å². The fraction of sp³-hybridized carbons (Fsp3) is 0.500. The Morgan fingerprint density at radius 2 is 2.07 bits per heavy atom. The van der Waals surface area contributed by atoms with Gasteiger partial charge in [-0.05, 0) is 64.0 Å². The van der Waals surface area contributed by atoms with Crippen LogP contribution in [0.25, 0.3) is 0 Å². The quantitative estimate of drug-likeness (QED) is 0.316. The van der Waals surface area contributed by atoms with Crippen molar-refractivity contribution < 1.29 is 23.8 Å². The topological polar surface area (TPSA) is 111 Å². The fourth-order valence-electron chi connectivity index (χ4n) is 6.06. The third-order valence-corrected chi connectivity index (χ3v) is 9.55. The highest BCUT2D eigenvalue weighted by Gasteiger charge is 2.49. The number of nitrogens with zero attached hydrogens (tertiary/aromatic N) is 5. The second-order valence-electron chi connectivity index (χ2n) is 12.1. The number of hydrogen-bond donors (Lipinski definition) is 2. The van der Waals surface area contributed by atoms with Gasteiger partial charge in [-0.25, -0.2) is 14.2 Å². The number of amidine groups is 1. The zero-order valence-electron chi connectivity index (χ0n) is 25.0. The third-order valence-electron chi connectivity index (χ3n) is 8.30. The van der Waals surface area contributed by atoms with Crippen molar-refractivity contribution in [3.05, 3.63) is 63.0 Å². The van der Waals surface area contributed by atoms with Crippen LogP contribution in [0.4, 0.5) is 4.39 Å². The average Bonchev–Trinajstić information content (AvgIpc) is 3.56. The first-order valence-electron chi connectivity index (χ1n) is 14.3. The van der Waals surface area contributed by atoms with Crippen LogP contribution in [0.1, 0.15) is 49.9 Å². The highest BCUT2D eigenvalue weighted by atomic mass is 32.1. The molecule has 2 N–H and O–H groups in total. The number of aromatic nitrogens is 1. The second-order valence-corrected chi connectivity index (χ2v) is 13.4. The van der Waals surface area contributed by atoms with E-state index in [4.69, 9.17) is 21.9 Å². The van der Waals surface area contributed by atoms with E-state index in [0.29, 0.717) is 77.6 Å². The lowest BCUT2D eigenvalue weighted by Crippen LogP contribution is -2.60. The molecule has 0 aliphatic carbocycles. The summed E-state index contributed by atoms with van der Waals surface area (Å²) in [7, 11) is 0. The van der Waals surface area contributed by atoms with Gasteiger partial charge in [0.25, 0.3) is 0 Å². The molecule has 13 heteroatoms. The van der Waals surface area contributed by atoms with Crippen molar-refractivity contribution in [1.29, 1.82) is 0 Å². The van der Waals surface area contributed by atoms with Gasteiger partial charge in [0, 0.05) is 56.5 Å². The second kappa shape index (κ2) is 11.9. The van der Waals surface area contributed by atoms with Crippen LogP contribution in [0.2, 0.25) is 0 Å². The summed E-state index contributed by atoms with van der Waals surface area (Å²) >= 11 is 7.23. The average molecular weight is 629 g/mol. The van der Waals surface area contributed by atoms with Gasteiger partial charge in [0.15, 0.2) is 16.0 Å². The lowest BCUT2D eigenvalue weighted by Gasteiger charge is -2.45. The molecule has 0 saturated carbocycles. The Hall–Kier alpha value is -3.42. The summed E-state index contributed by atoms with van der Waals surface area (Å²) in [6, 6.07) is 4.03. The SMILES string of the molecule is CCOC(=O)C1=C(CN2CCN3C(=S)N(CC(C)(C)C(=O)O)CC3(C)C2)NC(c2nccs2)=N[C@H]1c1cccc(F)c1C. The zero-order chi connectivity index (χ0) is 31.1. The number of hydrogen-bond acceptors (Lipinski definition) is 9. The number of halogens is 1. The van der Waals surface area contributed by atoms with Crippen LogP contribution in [0, 0.1) is 18.2 Å². The van der Waals surface area contributed by atoms with E-state index in [1.807, 2.05) is 10.3 Å². The molecule has 4 heterocycles. The van der Waals surface area contributed by atoms with E-state index in [2.05, 4.69) is 27.0 Å². The van der Waals surface area contributed by atoms with Crippen LogP contribution >= 0.6 is 23.6 Å². The summed E-state index contributed by atoms with van der Waals surface area (Å²) in [6.45, 7) is 12.4. The molecule has 0 amide bonds. The standard InChI is InChI=1S/C30H37FN6O4S2/c1-6-41-26(38)22-21(33-24(25-32-10-13-43-25)34-23(22)19-8-7-9-20(31)18(19)2)14-35-11-12-37-28(42)36(17-30(37,5)16-35)15-29(3,4)27(39)40/h7-10,13,23H,6,11-12,14-17H2,1-5H3,(H,33,34)(H,39,40)/t23-,30?/m0/s1. The number of aliphatic carboxylic acids is 1. The minimum absolute atomic E-state index is 0.185. The molecule has 5 rings (SSSR count). The number of thiocarbonyl (C=S) groups is 1. The summed E-state index contributed by atoms with van der Waals surface area (Å²) in [5.74, 6) is -1.23. The van der Waals surface area contributed by atoms with Gasteiger partial charge in [-0.1, -0.05) is 12.1 Å². The molecule has 0 radical (unpaired) electrons. The van der Waals surface area contributed by atoms with Crippen LogP contribution in [0.5, 0.6) is 0 Å². The highest BCUT2D eigenvalue weighted by Crippen LogP contribution is 2.37. The van der Waals surface area contributed by atoms with Crippen LogP contribution in [0.3, 0.4) is 0 Å². The van der Waals surface area contributed by atoms with Gasteiger partial charge in [0.05, 0.1) is 23.1 Å². The Balaban J connectivity index is 1.48. The highest BCUT2D eigenvalue weighted by molar-refractivity contribution is 7.80. The largest absolute Gasteiger partial charge is 0.481 e. The van der Waals surface area contributed by atoms with E-state index in [-0.39, 0.29) is 18.0 Å². The Morgan fingerprint density at radius 3 is 2.74 bits per heavy atom. The van der Waals surface area contributed by atoms with Crippen molar-refractivity contribution in [2.45, 2.75) is 46.2 Å². The summed E-state index contributed by atoms with van der Waals surface area (Å²) in [6.07, 6.45) is 1.69. The number of rotatable bonds is 9. The number of fused-ring (bicyclic) bond motifs is 1. The van der Waals surface area contributed by atoms with Crippen LogP contribution in [-0.2, 0) is 14.3 Å². The molecule has 3 aliphatic rings. The van der Waals surface area contributed by atoms with Crippen LogP contribution in [0.15, 0.2) is 46.0 Å². The smallest absolute Gasteiger partial charge is 0.338 e. The van der Waals surface area contributed by atoms with Crippen LogP contribution < -0.4 is 5.32 Å². The summed E-state index contributed by atoms with van der Waals surface area (Å²) in [4.78, 5) is 41.1. The number of nitrogens with one attached hydrogen (secondary N) is 1. The number of esters is 1. The summed E-state index contributed by atoms with van der Waals surface area (Å²) in [5.41, 5.74) is 0.682. The lowest BCUT2D eigenvalue weighted by molar-refractivity contribution is -0.147. The number of carboxylic acid groups (broad SMARTS) is 1. The number of piperazine rings is 1. The van der Waals surface area contributed by atoms with Gasteiger partial charge in [-0.3, -0.25) is 14.7 Å². The molecule has 1 aromatic heterocycles. The number of benzene rings is 1. The lowest BCUT2D eigenvalue weighted by atomic mass is 9.91. The van der Waals surface area contributed by atoms with Gasteiger partial charge in [-0.15, -0.1) is 11.3 Å². The number of carbonyl (C=O) groups excluding carboxylic acids is 1. The molecule has 2 saturated heterocycles. The maximum atomic E-state index is 14.8. The molecular formula is C30H37FN6O4S2. The minimum Gasteiger partial charge on any atom is -0.481 e. The fourth-order valence-corrected chi connectivity index (χ4v) is 7.09. The summed E-state index contributed by atoms with van der Waals surface area (Å²) < 4.78 is 20.3. The van der Waals surface area contributed by atoms with E-state index in [0.717, 1.165) is 0 Å². The Labute approximate surface area is 260 Å². The predicted octanol–water partition coefficient (Wildman–Crippen LogP) is 3.59. The normalized spacial score (nSPS) is 22.8. The van der Waals surface area contributed by atoms with Crippen molar-refractivity contribution >= 4 is 46.4 Å². The molecule has 1 unspecified atom stereocenters. The van der Waals surface area contributed by atoms with Crippen molar-refractivity contribution in [3.63, 3.8) is 0 Å². The molecule has 0 bridgehead atoms. The van der Waals surface area contributed by atoms with E-state index in [9.17, 15) is 19.1 Å². The van der Waals surface area contributed by atoms with Crippen molar-refractivity contribution in [3.8, 4) is 0 Å². The van der Waals surface area contributed by atoms with Gasteiger partial charge in [0.2, 0.25) is 0 Å². The minimum atomic E-state index is -0.949. The monoisotopic (exact) mass is 628 g/mol. The van der Waals surface area contributed by atoms with E-state index >= 15 is 0 Å². The maximum absolute atomic E-state index is 14.8. The number of thiazole rings is 1. The Morgan fingerprint density at radius 1 is 1.30 bits per heavy atom. The van der Waals surface area contributed by atoms with Crippen molar-refractivity contribution in [1.82, 2.24) is 25.0 Å². The molecule has 0 spiro atoms. The van der Waals surface area contributed by atoms with Crippen molar-refractivity contribution in [2.75, 3.05) is 45.9 Å². The molecule has 43 heavy (non-hydrogen) atoms. The molecule has 2 atom stereocenters. The Bertz CT molecular complexity index is 1490. The van der Waals surface area contributed by atoms with Gasteiger partial charge in [-0.2, -0.15) is 0 Å². The van der Waals surface area contributed by atoms with Gasteiger partial charge < -0.3 is 25.0 Å². The van der Waals surface area contributed by atoms with Gasteiger partial charge >= 0.3 is 11.9 Å². The first-order chi connectivity index (χ1) is 20.3. The van der Waals surface area contributed by atoms with E-state index in [1.165, 1.54) is 17.4 Å². The van der Waals surface area contributed by atoms with Crippen molar-refractivity contribution in [2.24, 2.45) is 10.4 Å². The predicted molar refractivity (Wildman–Crippen MR) is 166 cm³/mol.